The Morgan fingerprint density at radius 2 is 2.20 bits per heavy atom. The molecule has 1 fully saturated rings. The summed E-state index contributed by atoms with van der Waals surface area (Å²) in [5.74, 6) is 1.07. The molecule has 0 aromatic heterocycles. The summed E-state index contributed by atoms with van der Waals surface area (Å²) in [6.45, 7) is 3.43. The molecular formula is C15H23N3O2. The molecular weight excluding hydrogens is 254 g/mol. The summed E-state index contributed by atoms with van der Waals surface area (Å²) in [6, 6.07) is 7.58. The van der Waals surface area contributed by atoms with E-state index in [0.29, 0.717) is 23.9 Å². The zero-order valence-electron chi connectivity index (χ0n) is 12.1. The van der Waals surface area contributed by atoms with Crippen molar-refractivity contribution in [2.24, 2.45) is 11.7 Å². The largest absolute Gasteiger partial charge is 0.495 e. The number of piperidine rings is 1. The van der Waals surface area contributed by atoms with Gasteiger partial charge in [-0.3, -0.25) is 0 Å². The van der Waals surface area contributed by atoms with E-state index in [4.69, 9.17) is 10.5 Å². The van der Waals surface area contributed by atoms with Crippen molar-refractivity contribution in [3.05, 3.63) is 24.3 Å². The number of hydrogen-bond acceptors (Lipinski definition) is 3. The molecule has 1 aromatic rings. The average Bonchev–Trinajstić information content (AvgIpc) is 2.48. The number of amides is 2. The van der Waals surface area contributed by atoms with Gasteiger partial charge in [0.05, 0.1) is 12.8 Å². The molecule has 0 bridgehead atoms. The van der Waals surface area contributed by atoms with Crippen LogP contribution in [-0.4, -0.2) is 37.2 Å². The molecule has 110 valence electrons. The van der Waals surface area contributed by atoms with Gasteiger partial charge in [0.2, 0.25) is 0 Å². The Morgan fingerprint density at radius 1 is 1.45 bits per heavy atom. The summed E-state index contributed by atoms with van der Waals surface area (Å²) in [6.07, 6.45) is 2.09. The summed E-state index contributed by atoms with van der Waals surface area (Å²) in [5, 5.41) is 2.93. The second-order valence-corrected chi connectivity index (χ2v) is 5.31. The first-order chi connectivity index (χ1) is 9.65. The molecule has 0 radical (unpaired) electrons. The van der Waals surface area contributed by atoms with Gasteiger partial charge in [0.1, 0.15) is 5.75 Å². The molecule has 5 nitrogen and oxygen atoms in total. The van der Waals surface area contributed by atoms with Crippen molar-refractivity contribution in [2.75, 3.05) is 25.5 Å². The van der Waals surface area contributed by atoms with Crippen molar-refractivity contribution in [3.63, 3.8) is 0 Å². The van der Waals surface area contributed by atoms with E-state index < -0.39 is 0 Å². The molecule has 0 aliphatic carbocycles. The summed E-state index contributed by atoms with van der Waals surface area (Å²) in [5.41, 5.74) is 6.43. The SMILES string of the molecule is COc1ccccc1NC(=O)N1CC(CN)CCC1C. The van der Waals surface area contributed by atoms with E-state index in [2.05, 4.69) is 12.2 Å². The van der Waals surface area contributed by atoms with Crippen LogP contribution >= 0.6 is 0 Å². The van der Waals surface area contributed by atoms with Crippen molar-refractivity contribution in [1.82, 2.24) is 4.90 Å². The third-order valence-corrected chi connectivity index (χ3v) is 3.92. The van der Waals surface area contributed by atoms with Gasteiger partial charge >= 0.3 is 6.03 Å². The molecule has 1 aliphatic heterocycles. The molecule has 2 unspecified atom stereocenters. The minimum atomic E-state index is -0.0832. The Bertz CT molecular complexity index is 464. The number of carbonyl (C=O) groups excluding carboxylic acids is 1. The molecule has 1 aliphatic rings. The molecule has 3 N–H and O–H groups in total. The van der Waals surface area contributed by atoms with Crippen LogP contribution in [0, 0.1) is 5.92 Å². The predicted molar refractivity (Wildman–Crippen MR) is 80.0 cm³/mol. The normalized spacial score (nSPS) is 22.4. The fourth-order valence-corrected chi connectivity index (χ4v) is 2.59. The van der Waals surface area contributed by atoms with Crippen molar-refractivity contribution in [2.45, 2.75) is 25.8 Å². The van der Waals surface area contributed by atoms with Gasteiger partial charge in [0.25, 0.3) is 0 Å². The van der Waals surface area contributed by atoms with Crippen LogP contribution in [0.3, 0.4) is 0 Å². The number of ether oxygens (including phenoxy) is 1. The monoisotopic (exact) mass is 277 g/mol. The lowest BCUT2D eigenvalue weighted by Crippen LogP contribution is -2.48. The summed E-state index contributed by atoms with van der Waals surface area (Å²) in [7, 11) is 1.60. The molecule has 1 aromatic carbocycles. The maximum Gasteiger partial charge on any atom is 0.322 e. The highest BCUT2D eigenvalue weighted by Crippen LogP contribution is 2.26. The van der Waals surface area contributed by atoms with Crippen LogP contribution in [0.4, 0.5) is 10.5 Å². The lowest BCUT2D eigenvalue weighted by atomic mass is 9.94. The summed E-state index contributed by atoms with van der Waals surface area (Å²) >= 11 is 0. The number of likely N-dealkylation sites (tertiary alicyclic amines) is 1. The van der Waals surface area contributed by atoms with Gasteiger partial charge in [-0.15, -0.1) is 0 Å². The number of anilines is 1. The maximum absolute atomic E-state index is 12.4. The van der Waals surface area contributed by atoms with Gasteiger partial charge in [-0.2, -0.15) is 0 Å². The smallest absolute Gasteiger partial charge is 0.322 e. The number of nitrogens with two attached hydrogens (primary N) is 1. The van der Waals surface area contributed by atoms with E-state index in [-0.39, 0.29) is 12.1 Å². The van der Waals surface area contributed by atoms with Gasteiger partial charge in [-0.1, -0.05) is 12.1 Å². The zero-order valence-corrected chi connectivity index (χ0v) is 12.1. The molecule has 0 spiro atoms. The predicted octanol–water partition coefficient (Wildman–Crippen LogP) is 2.29. The number of hydrogen-bond donors (Lipinski definition) is 2. The second-order valence-electron chi connectivity index (χ2n) is 5.31. The fraction of sp³-hybridized carbons (Fsp3) is 0.533. The first-order valence-corrected chi connectivity index (χ1v) is 7.06. The zero-order chi connectivity index (χ0) is 14.5. The van der Waals surface area contributed by atoms with Gasteiger partial charge in [-0.25, -0.2) is 4.79 Å². The first kappa shape index (κ1) is 14.7. The molecule has 2 atom stereocenters. The van der Waals surface area contributed by atoms with Gasteiger partial charge in [-0.05, 0) is 44.4 Å². The van der Waals surface area contributed by atoms with Crippen LogP contribution in [0.2, 0.25) is 0 Å². The summed E-state index contributed by atoms with van der Waals surface area (Å²) < 4.78 is 5.25. The fourth-order valence-electron chi connectivity index (χ4n) is 2.59. The Kier molecular flexibility index (Phi) is 4.84. The van der Waals surface area contributed by atoms with Crippen molar-refractivity contribution in [1.29, 1.82) is 0 Å². The highest BCUT2D eigenvalue weighted by molar-refractivity contribution is 5.91. The third-order valence-electron chi connectivity index (χ3n) is 3.92. The van der Waals surface area contributed by atoms with E-state index >= 15 is 0 Å². The Labute approximate surface area is 120 Å². The van der Waals surface area contributed by atoms with E-state index in [1.807, 2.05) is 29.2 Å². The molecule has 1 heterocycles. The summed E-state index contributed by atoms with van der Waals surface area (Å²) in [4.78, 5) is 14.3. The molecule has 0 saturated carbocycles. The van der Waals surface area contributed by atoms with Crippen LogP contribution in [0.5, 0.6) is 5.75 Å². The van der Waals surface area contributed by atoms with Crippen LogP contribution in [-0.2, 0) is 0 Å². The molecule has 20 heavy (non-hydrogen) atoms. The number of urea groups is 1. The number of para-hydroxylation sites is 2. The van der Waals surface area contributed by atoms with Gasteiger partial charge in [0, 0.05) is 12.6 Å². The molecule has 2 amide bonds. The van der Waals surface area contributed by atoms with Crippen LogP contribution in [0.1, 0.15) is 19.8 Å². The van der Waals surface area contributed by atoms with E-state index in [1.165, 1.54) is 0 Å². The van der Waals surface area contributed by atoms with Gasteiger partial charge in [0.15, 0.2) is 0 Å². The Hall–Kier alpha value is -1.75. The van der Waals surface area contributed by atoms with Crippen molar-refractivity contribution < 1.29 is 9.53 Å². The first-order valence-electron chi connectivity index (χ1n) is 7.06. The highest BCUT2D eigenvalue weighted by atomic mass is 16.5. The number of benzene rings is 1. The van der Waals surface area contributed by atoms with E-state index in [1.54, 1.807) is 7.11 Å². The maximum atomic E-state index is 12.4. The molecule has 5 heteroatoms. The van der Waals surface area contributed by atoms with Crippen molar-refractivity contribution >= 4 is 11.7 Å². The Morgan fingerprint density at radius 3 is 2.90 bits per heavy atom. The third kappa shape index (κ3) is 3.22. The van der Waals surface area contributed by atoms with Crippen molar-refractivity contribution in [3.8, 4) is 5.75 Å². The van der Waals surface area contributed by atoms with Crippen LogP contribution in [0.25, 0.3) is 0 Å². The van der Waals surface area contributed by atoms with Crippen LogP contribution < -0.4 is 15.8 Å². The number of rotatable bonds is 3. The minimum Gasteiger partial charge on any atom is -0.495 e. The molecule has 1 saturated heterocycles. The van der Waals surface area contributed by atoms with E-state index in [0.717, 1.165) is 19.4 Å². The molecule has 2 rings (SSSR count). The van der Waals surface area contributed by atoms with E-state index in [9.17, 15) is 4.79 Å². The number of carbonyl (C=O) groups is 1. The van der Waals surface area contributed by atoms with Gasteiger partial charge < -0.3 is 20.7 Å². The number of nitrogens with zero attached hydrogens (tertiary/aromatic N) is 1. The lowest BCUT2D eigenvalue weighted by molar-refractivity contribution is 0.144. The number of nitrogens with one attached hydrogen (secondary N) is 1. The standard InChI is InChI=1S/C15H23N3O2/c1-11-7-8-12(9-16)10-18(11)15(19)17-13-5-3-4-6-14(13)20-2/h3-6,11-12H,7-10,16H2,1-2H3,(H,17,19). The quantitative estimate of drug-likeness (QED) is 0.890. The highest BCUT2D eigenvalue weighted by Gasteiger charge is 2.28. The lowest BCUT2D eigenvalue weighted by Gasteiger charge is -2.37. The second kappa shape index (κ2) is 6.61. The Balaban J connectivity index is 2.06. The minimum absolute atomic E-state index is 0.0832. The van der Waals surface area contributed by atoms with Crippen LogP contribution in [0.15, 0.2) is 24.3 Å². The average molecular weight is 277 g/mol. The topological polar surface area (TPSA) is 67.6 Å². The number of methoxy groups -OCH3 is 1.